The summed E-state index contributed by atoms with van der Waals surface area (Å²) in [5.74, 6) is -0.788. The zero-order chi connectivity index (χ0) is 24.4. The molecule has 3 aromatic rings. The molecule has 0 spiro atoms. The first-order valence-corrected chi connectivity index (χ1v) is 11.0. The lowest BCUT2D eigenvalue weighted by molar-refractivity contribution is -0.137. The highest BCUT2D eigenvalue weighted by Gasteiger charge is 2.33. The maximum Gasteiger partial charge on any atom is 0.255 e. The number of nitrogens with one attached hydrogen (secondary N) is 3. The molecule has 1 aliphatic rings. The number of aromatic nitrogens is 3. The summed E-state index contributed by atoms with van der Waals surface area (Å²) >= 11 is 0. The Balaban J connectivity index is 1.59. The summed E-state index contributed by atoms with van der Waals surface area (Å²) in [5.41, 5.74) is 5.19. The minimum Gasteiger partial charge on any atom is -0.388 e. The first-order valence-electron chi connectivity index (χ1n) is 11.0. The zero-order valence-electron chi connectivity index (χ0n) is 19.5. The second-order valence-corrected chi connectivity index (χ2v) is 8.29. The number of carbonyl (C=O) groups excluding carboxylic acids is 2. The van der Waals surface area contributed by atoms with Gasteiger partial charge in [-0.05, 0) is 25.5 Å². The van der Waals surface area contributed by atoms with E-state index in [9.17, 15) is 9.59 Å². The van der Waals surface area contributed by atoms with E-state index in [2.05, 4.69) is 31.7 Å². The maximum atomic E-state index is 13.0. The molecule has 34 heavy (non-hydrogen) atoms. The lowest BCUT2D eigenvalue weighted by atomic mass is 10.0. The second kappa shape index (κ2) is 9.31. The second-order valence-electron chi connectivity index (χ2n) is 8.29. The Morgan fingerprint density at radius 2 is 2.09 bits per heavy atom. The first-order chi connectivity index (χ1) is 16.4. The summed E-state index contributed by atoms with van der Waals surface area (Å²) in [6.07, 6.45) is 3.15. The number of amides is 2. The van der Waals surface area contributed by atoms with E-state index in [1.54, 1.807) is 25.1 Å². The van der Waals surface area contributed by atoms with E-state index < -0.39 is 11.9 Å². The number of fused-ring (bicyclic) bond motifs is 1. The molecule has 174 valence electrons. The summed E-state index contributed by atoms with van der Waals surface area (Å²) in [7, 11) is 3.53. The molecule has 1 atom stereocenters. The third kappa shape index (κ3) is 4.20. The number of rotatable bonds is 6. The van der Waals surface area contributed by atoms with Crippen molar-refractivity contribution in [3.05, 3.63) is 53.0 Å². The Morgan fingerprint density at radius 3 is 2.76 bits per heavy atom. The number of aryl methyl sites for hydroxylation is 1. The topological polar surface area (TPSA) is 139 Å². The normalized spacial score (nSPS) is 14.9. The number of nitrogens with zero attached hydrogens (tertiary/aromatic N) is 5. The summed E-state index contributed by atoms with van der Waals surface area (Å²) in [4.78, 5) is 43.6. The Kier molecular flexibility index (Phi) is 6.27. The number of aromatic amines is 1. The molecular weight excluding hydrogens is 432 g/mol. The van der Waals surface area contributed by atoms with Crippen molar-refractivity contribution in [3.63, 3.8) is 0 Å². The van der Waals surface area contributed by atoms with Gasteiger partial charge >= 0.3 is 0 Å². The van der Waals surface area contributed by atoms with Gasteiger partial charge in [0.15, 0.2) is 5.65 Å². The van der Waals surface area contributed by atoms with E-state index >= 15 is 0 Å². The van der Waals surface area contributed by atoms with Crippen LogP contribution in [0.3, 0.4) is 0 Å². The lowest BCUT2D eigenvalue weighted by Crippen LogP contribution is -2.55. The number of H-pyrrole nitrogens is 1. The molecule has 1 saturated heterocycles. The van der Waals surface area contributed by atoms with Crippen LogP contribution in [0.5, 0.6) is 0 Å². The van der Waals surface area contributed by atoms with Crippen LogP contribution in [-0.4, -0.2) is 70.6 Å². The third-order valence-corrected chi connectivity index (χ3v) is 5.89. The van der Waals surface area contributed by atoms with Gasteiger partial charge in [0.2, 0.25) is 5.91 Å². The molecule has 0 aliphatic carbocycles. The third-order valence-electron chi connectivity index (χ3n) is 5.89. The number of benzene rings is 1. The summed E-state index contributed by atoms with van der Waals surface area (Å²) in [5, 5.41) is 14.8. The molecule has 0 radical (unpaired) electrons. The van der Waals surface area contributed by atoms with Crippen molar-refractivity contribution in [2.75, 3.05) is 32.5 Å². The van der Waals surface area contributed by atoms with Crippen LogP contribution in [-0.2, 0) is 4.79 Å². The van der Waals surface area contributed by atoms with Crippen LogP contribution < -0.4 is 10.6 Å². The summed E-state index contributed by atoms with van der Waals surface area (Å²) in [6.45, 7) is 4.43. The summed E-state index contributed by atoms with van der Waals surface area (Å²) in [6, 6.07) is 7.40. The minimum absolute atomic E-state index is 0.138. The molecule has 10 nitrogen and oxygen atoms in total. The van der Waals surface area contributed by atoms with Crippen LogP contribution in [0, 0.1) is 24.2 Å². The molecule has 4 rings (SSSR count). The predicted octanol–water partition coefficient (Wildman–Crippen LogP) is 1.88. The van der Waals surface area contributed by atoms with Crippen molar-refractivity contribution in [2.45, 2.75) is 19.9 Å². The van der Waals surface area contributed by atoms with Crippen molar-refractivity contribution in [3.8, 4) is 6.07 Å². The highest BCUT2D eigenvalue weighted by molar-refractivity contribution is 6.15. The van der Waals surface area contributed by atoms with Crippen LogP contribution >= 0.6 is 0 Å². The molecule has 1 unspecified atom stereocenters. The van der Waals surface area contributed by atoms with Gasteiger partial charge in [0.05, 0.1) is 29.5 Å². The Morgan fingerprint density at radius 1 is 1.32 bits per heavy atom. The molecule has 1 aromatic carbocycles. The van der Waals surface area contributed by atoms with Crippen LogP contribution in [0.15, 0.2) is 35.6 Å². The molecule has 0 saturated carbocycles. The van der Waals surface area contributed by atoms with Crippen molar-refractivity contribution < 1.29 is 9.59 Å². The number of hydrogen-bond donors (Lipinski definition) is 3. The van der Waals surface area contributed by atoms with Gasteiger partial charge in [-0.3, -0.25) is 14.6 Å². The van der Waals surface area contributed by atoms with Gasteiger partial charge in [0.1, 0.15) is 17.3 Å². The van der Waals surface area contributed by atoms with Gasteiger partial charge in [-0.1, -0.05) is 12.1 Å². The fourth-order valence-corrected chi connectivity index (χ4v) is 3.97. The van der Waals surface area contributed by atoms with Gasteiger partial charge in [0, 0.05) is 44.6 Å². The average Bonchev–Trinajstić information content (AvgIpc) is 3.23. The smallest absolute Gasteiger partial charge is 0.255 e. The van der Waals surface area contributed by atoms with E-state index in [0.717, 1.165) is 16.8 Å². The predicted molar refractivity (Wildman–Crippen MR) is 129 cm³/mol. The van der Waals surface area contributed by atoms with E-state index in [-0.39, 0.29) is 17.4 Å². The summed E-state index contributed by atoms with van der Waals surface area (Å²) < 4.78 is 0. The molecule has 3 heterocycles. The molecule has 1 aliphatic heterocycles. The van der Waals surface area contributed by atoms with Crippen LogP contribution in [0.25, 0.3) is 11.2 Å². The number of nitriles is 1. The maximum absolute atomic E-state index is 13.0. The largest absolute Gasteiger partial charge is 0.388 e. The average molecular weight is 459 g/mol. The van der Waals surface area contributed by atoms with Crippen molar-refractivity contribution >= 4 is 34.4 Å². The number of carbonyl (C=O) groups is 2. The molecule has 2 amide bonds. The molecular formula is C24H26N8O2. The van der Waals surface area contributed by atoms with E-state index in [1.165, 1.54) is 6.20 Å². The Labute approximate surface area is 197 Å². The molecule has 1 fully saturated rings. The van der Waals surface area contributed by atoms with Crippen molar-refractivity contribution in [1.29, 1.82) is 5.26 Å². The van der Waals surface area contributed by atoms with Gasteiger partial charge < -0.3 is 20.5 Å². The Bertz CT molecular complexity index is 1330. The van der Waals surface area contributed by atoms with Crippen LogP contribution in [0.2, 0.25) is 0 Å². The quantitative estimate of drug-likeness (QED) is 0.482. The molecule has 2 aromatic heterocycles. The number of hydrogen-bond acceptors (Lipinski definition) is 7. The van der Waals surface area contributed by atoms with Gasteiger partial charge in [-0.2, -0.15) is 5.26 Å². The molecule has 0 bridgehead atoms. The van der Waals surface area contributed by atoms with Gasteiger partial charge in [0.25, 0.3) is 5.91 Å². The number of aliphatic imine (C=N–C) groups is 1. The SMILES string of the molecule is CN=C(c1cnc2[nH]cc(C(=O)NC(C)C(=O)N3CC(C#N)C3)c2n1)c1ccc(C)cc1NC. The number of likely N-dealkylation sites (tertiary alicyclic amines) is 1. The first kappa shape index (κ1) is 22.9. The monoisotopic (exact) mass is 458 g/mol. The van der Waals surface area contributed by atoms with E-state index in [0.29, 0.717) is 35.7 Å². The fourth-order valence-electron chi connectivity index (χ4n) is 3.97. The highest BCUT2D eigenvalue weighted by Crippen LogP contribution is 2.23. The lowest BCUT2D eigenvalue weighted by Gasteiger charge is -2.37. The molecule has 10 heteroatoms. The van der Waals surface area contributed by atoms with Gasteiger partial charge in [-0.25, -0.2) is 9.97 Å². The minimum atomic E-state index is -0.730. The van der Waals surface area contributed by atoms with E-state index in [1.807, 2.05) is 32.2 Å². The van der Waals surface area contributed by atoms with E-state index in [4.69, 9.17) is 10.2 Å². The van der Waals surface area contributed by atoms with Crippen LogP contribution in [0.1, 0.15) is 34.1 Å². The number of anilines is 1. The zero-order valence-corrected chi connectivity index (χ0v) is 19.5. The standard InChI is InChI=1S/C24H26N8O2/c1-13-5-6-16(18(7-13)26-3)20(27-4)19-10-29-22-21(31-19)17(9-28-22)23(33)30-14(2)24(34)32-11-15(8-25)12-32/h5-7,9-10,14-15,26H,11-12H2,1-4H3,(H,28,29)(H,30,33). The van der Waals surface area contributed by atoms with Gasteiger partial charge in [-0.15, -0.1) is 0 Å². The fraction of sp³-hybridized carbons (Fsp3) is 0.333. The van der Waals surface area contributed by atoms with Crippen molar-refractivity contribution in [2.24, 2.45) is 10.9 Å². The Hall–Kier alpha value is -4.26. The highest BCUT2D eigenvalue weighted by atomic mass is 16.2. The van der Waals surface area contributed by atoms with Crippen LogP contribution in [0.4, 0.5) is 5.69 Å². The van der Waals surface area contributed by atoms with Crippen molar-refractivity contribution in [1.82, 2.24) is 25.2 Å². The molecule has 3 N–H and O–H groups in total.